The van der Waals surface area contributed by atoms with Crippen LogP contribution in [-0.2, 0) is 5.60 Å². The first-order chi connectivity index (χ1) is 18.9. The molecule has 4 aromatic carbocycles. The first-order valence-corrected chi connectivity index (χ1v) is 13.4. The molecule has 39 heavy (non-hydrogen) atoms. The summed E-state index contributed by atoms with van der Waals surface area (Å²) < 4.78 is 11.4. The zero-order valence-corrected chi connectivity index (χ0v) is 23.1. The number of benzene rings is 4. The third-order valence-corrected chi connectivity index (χ3v) is 7.47. The number of ether oxygens (including phenoxy) is 2. The Morgan fingerprint density at radius 3 is 2.33 bits per heavy atom. The molecule has 1 N–H and O–H groups in total. The quantitative estimate of drug-likeness (QED) is 0.200. The number of fused-ring (bicyclic) bond motifs is 2. The lowest BCUT2D eigenvalue weighted by Gasteiger charge is -2.32. The summed E-state index contributed by atoms with van der Waals surface area (Å²) in [7, 11) is 7.46. The molecule has 1 aromatic heterocycles. The molecule has 200 valence electrons. The summed E-state index contributed by atoms with van der Waals surface area (Å²) >= 11 is 0. The van der Waals surface area contributed by atoms with E-state index in [2.05, 4.69) is 49.3 Å². The van der Waals surface area contributed by atoms with Gasteiger partial charge in [0, 0.05) is 10.9 Å². The molecule has 0 aliphatic heterocycles. The Balaban J connectivity index is 1.69. The molecule has 1 heterocycles. The average molecular weight is 521 g/mol. The number of aromatic nitrogens is 1. The monoisotopic (exact) mass is 520 g/mol. The van der Waals surface area contributed by atoms with Crippen LogP contribution in [0.3, 0.4) is 0 Å². The molecular weight excluding hydrogens is 484 g/mol. The van der Waals surface area contributed by atoms with Gasteiger partial charge in [-0.3, -0.25) is 0 Å². The fourth-order valence-corrected chi connectivity index (χ4v) is 5.47. The van der Waals surface area contributed by atoms with Crippen molar-refractivity contribution in [2.24, 2.45) is 0 Å². The van der Waals surface area contributed by atoms with Crippen LogP contribution in [0.5, 0.6) is 11.6 Å². The van der Waals surface area contributed by atoms with Crippen molar-refractivity contribution in [2.45, 2.75) is 24.9 Å². The predicted molar refractivity (Wildman–Crippen MR) is 160 cm³/mol. The van der Waals surface area contributed by atoms with Gasteiger partial charge in [0.05, 0.1) is 25.3 Å². The van der Waals surface area contributed by atoms with Crippen molar-refractivity contribution in [1.82, 2.24) is 9.88 Å². The van der Waals surface area contributed by atoms with Crippen LogP contribution < -0.4 is 9.47 Å². The summed E-state index contributed by atoms with van der Waals surface area (Å²) in [6.45, 7) is 0.959. The molecule has 0 aliphatic rings. The van der Waals surface area contributed by atoms with E-state index in [0.717, 1.165) is 63.5 Å². The number of aliphatic hydroxyl groups is 1. The zero-order valence-electron chi connectivity index (χ0n) is 23.1. The summed E-state index contributed by atoms with van der Waals surface area (Å²) in [5.74, 6) is 1.25. The number of rotatable bonds is 10. The molecule has 1 atom stereocenters. The maximum absolute atomic E-state index is 12.7. The Morgan fingerprint density at radius 2 is 1.54 bits per heavy atom. The second kappa shape index (κ2) is 11.4. The van der Waals surface area contributed by atoms with E-state index in [-0.39, 0.29) is 0 Å². The largest absolute Gasteiger partial charge is 0.496 e. The number of nitrogens with zero attached hydrogens (tertiary/aromatic N) is 2. The Morgan fingerprint density at radius 1 is 0.769 bits per heavy atom. The number of methoxy groups -OCH3 is 2. The van der Waals surface area contributed by atoms with E-state index in [4.69, 9.17) is 14.5 Å². The molecular formula is C34H36N2O3. The van der Waals surface area contributed by atoms with Gasteiger partial charge in [0.25, 0.3) is 0 Å². The molecule has 0 radical (unpaired) electrons. The van der Waals surface area contributed by atoms with Crippen LogP contribution in [0.25, 0.3) is 32.8 Å². The highest BCUT2D eigenvalue weighted by Gasteiger charge is 2.36. The molecule has 0 aliphatic carbocycles. The summed E-state index contributed by atoms with van der Waals surface area (Å²) in [5.41, 5.74) is 3.09. The van der Waals surface area contributed by atoms with Gasteiger partial charge in [-0.15, -0.1) is 0 Å². The Bertz CT molecular complexity index is 1590. The van der Waals surface area contributed by atoms with Crippen molar-refractivity contribution in [1.29, 1.82) is 0 Å². The SMILES string of the molecule is COc1ccccc1-c1ccc2nc(OC)c(C(O)(CCCCN(C)C)c3cccc4ccccc34)cc2c1. The van der Waals surface area contributed by atoms with Gasteiger partial charge in [-0.05, 0) is 86.1 Å². The number of hydrogen-bond acceptors (Lipinski definition) is 5. The van der Waals surface area contributed by atoms with E-state index in [9.17, 15) is 5.11 Å². The van der Waals surface area contributed by atoms with Gasteiger partial charge < -0.3 is 19.5 Å². The smallest absolute Gasteiger partial charge is 0.220 e. The third kappa shape index (κ3) is 5.33. The van der Waals surface area contributed by atoms with Crippen LogP contribution in [0.1, 0.15) is 30.4 Å². The highest BCUT2D eigenvalue weighted by Crippen LogP contribution is 2.43. The fraction of sp³-hybridized carbons (Fsp3) is 0.265. The lowest BCUT2D eigenvalue weighted by molar-refractivity contribution is 0.0658. The van der Waals surface area contributed by atoms with Crippen LogP contribution in [0.4, 0.5) is 0 Å². The Kier molecular flexibility index (Phi) is 7.82. The van der Waals surface area contributed by atoms with Gasteiger partial charge >= 0.3 is 0 Å². The molecule has 0 saturated carbocycles. The maximum atomic E-state index is 12.7. The van der Waals surface area contributed by atoms with E-state index in [1.807, 2.05) is 60.7 Å². The van der Waals surface area contributed by atoms with Gasteiger partial charge in [-0.25, -0.2) is 4.98 Å². The second-order valence-corrected chi connectivity index (χ2v) is 10.3. The van der Waals surface area contributed by atoms with E-state index in [1.54, 1.807) is 14.2 Å². The number of pyridine rings is 1. The molecule has 1 unspecified atom stereocenters. The highest BCUT2D eigenvalue weighted by molar-refractivity contribution is 5.89. The van der Waals surface area contributed by atoms with Gasteiger partial charge in [0.1, 0.15) is 11.4 Å². The van der Waals surface area contributed by atoms with E-state index < -0.39 is 5.60 Å². The molecule has 5 heteroatoms. The molecule has 0 saturated heterocycles. The lowest BCUT2D eigenvalue weighted by atomic mass is 9.79. The van der Waals surface area contributed by atoms with Crippen LogP contribution >= 0.6 is 0 Å². The second-order valence-electron chi connectivity index (χ2n) is 10.3. The van der Waals surface area contributed by atoms with Crippen molar-refractivity contribution < 1.29 is 14.6 Å². The van der Waals surface area contributed by atoms with E-state index >= 15 is 0 Å². The standard InChI is InChI=1S/C34H36N2O3/c1-36(2)21-10-9-20-34(37,29-16-11-13-24-12-5-6-14-27(24)29)30-23-26-22-25(18-19-31(26)35-33(30)39-4)28-15-7-8-17-32(28)38-3/h5-8,11-19,22-23,37H,9-10,20-21H2,1-4H3. The van der Waals surface area contributed by atoms with Gasteiger partial charge in [0.2, 0.25) is 5.88 Å². The fourth-order valence-electron chi connectivity index (χ4n) is 5.47. The molecule has 0 amide bonds. The number of unbranched alkanes of at least 4 members (excludes halogenated alkanes) is 1. The lowest BCUT2D eigenvalue weighted by Crippen LogP contribution is -2.29. The van der Waals surface area contributed by atoms with Crippen molar-refractivity contribution in [3.05, 3.63) is 102 Å². The predicted octanol–water partition coefficient (Wildman–Crippen LogP) is 7.04. The van der Waals surface area contributed by atoms with Crippen molar-refractivity contribution in [3.63, 3.8) is 0 Å². The summed E-state index contributed by atoms with van der Waals surface area (Å²) in [5, 5.41) is 15.8. The Hall–Kier alpha value is -3.93. The van der Waals surface area contributed by atoms with Crippen LogP contribution in [-0.4, -0.2) is 49.9 Å². The summed E-state index contributed by atoms with van der Waals surface area (Å²) in [6, 6.07) is 30.5. The minimum absolute atomic E-state index is 0.440. The molecule has 0 bridgehead atoms. The molecule has 5 nitrogen and oxygen atoms in total. The van der Waals surface area contributed by atoms with Crippen LogP contribution in [0, 0.1) is 0 Å². The number of para-hydroxylation sites is 1. The highest BCUT2D eigenvalue weighted by atomic mass is 16.5. The summed E-state index contributed by atoms with van der Waals surface area (Å²) in [4.78, 5) is 7.05. The third-order valence-electron chi connectivity index (χ3n) is 7.47. The minimum Gasteiger partial charge on any atom is -0.496 e. The molecule has 5 rings (SSSR count). The normalized spacial score (nSPS) is 13.1. The van der Waals surface area contributed by atoms with Gasteiger partial charge in [-0.2, -0.15) is 0 Å². The first kappa shape index (κ1) is 26.7. The van der Waals surface area contributed by atoms with Gasteiger partial charge in [-0.1, -0.05) is 66.7 Å². The van der Waals surface area contributed by atoms with Gasteiger partial charge in [0.15, 0.2) is 0 Å². The van der Waals surface area contributed by atoms with Crippen LogP contribution in [0.2, 0.25) is 0 Å². The summed E-state index contributed by atoms with van der Waals surface area (Å²) in [6.07, 6.45) is 2.37. The maximum Gasteiger partial charge on any atom is 0.220 e. The first-order valence-electron chi connectivity index (χ1n) is 13.4. The minimum atomic E-state index is -1.29. The Labute approximate surface area is 230 Å². The van der Waals surface area contributed by atoms with Crippen molar-refractivity contribution in [2.75, 3.05) is 34.9 Å². The van der Waals surface area contributed by atoms with Crippen molar-refractivity contribution >= 4 is 21.7 Å². The molecule has 0 fully saturated rings. The van der Waals surface area contributed by atoms with Crippen LogP contribution in [0.15, 0.2) is 91.0 Å². The van der Waals surface area contributed by atoms with E-state index in [0.29, 0.717) is 17.9 Å². The van der Waals surface area contributed by atoms with E-state index in [1.165, 1.54) is 0 Å². The van der Waals surface area contributed by atoms with Crippen molar-refractivity contribution in [3.8, 4) is 22.8 Å². The molecule has 5 aromatic rings. The zero-order chi connectivity index (χ0) is 27.4. The molecule has 0 spiro atoms. The number of hydrogen-bond donors (Lipinski definition) is 1. The topological polar surface area (TPSA) is 54.8 Å². The average Bonchev–Trinajstić information content (AvgIpc) is 2.97.